The van der Waals surface area contributed by atoms with Gasteiger partial charge in [0.15, 0.2) is 0 Å². The number of nitrogens with zero attached hydrogens (tertiary/aromatic N) is 2. The largest absolute Gasteiger partial charge is 0.481 e. The van der Waals surface area contributed by atoms with Crippen LogP contribution in [0.5, 0.6) is 5.88 Å². The molecule has 0 unspecified atom stereocenters. The van der Waals surface area contributed by atoms with Crippen LogP contribution >= 0.6 is 0 Å². The topological polar surface area (TPSA) is 73.1 Å². The minimum Gasteiger partial charge on any atom is -0.481 e. The molecule has 0 saturated heterocycles. The molecule has 0 amide bonds. The normalized spacial score (nSPS) is 9.93. The summed E-state index contributed by atoms with van der Waals surface area (Å²) in [5.74, 6) is 2.05. The van der Waals surface area contributed by atoms with Gasteiger partial charge in [-0.15, -0.1) is 0 Å². The fourth-order valence-electron chi connectivity index (χ4n) is 1.05. The Bertz CT molecular complexity index is 290. The van der Waals surface area contributed by atoms with Gasteiger partial charge in [-0.3, -0.25) is 0 Å². The van der Waals surface area contributed by atoms with E-state index in [4.69, 9.17) is 10.5 Å². The molecular formula is C9H16N4O. The highest BCUT2D eigenvalue weighted by molar-refractivity contribution is 5.38. The van der Waals surface area contributed by atoms with E-state index in [1.807, 2.05) is 6.92 Å². The summed E-state index contributed by atoms with van der Waals surface area (Å²) in [4.78, 5) is 8.29. The summed E-state index contributed by atoms with van der Waals surface area (Å²) >= 11 is 0. The number of nitrogens with two attached hydrogens (primary N) is 1. The number of hydrogen-bond donors (Lipinski definition) is 2. The molecule has 78 valence electrons. The molecular weight excluding hydrogens is 180 g/mol. The molecule has 14 heavy (non-hydrogen) atoms. The lowest BCUT2D eigenvalue weighted by Crippen LogP contribution is -2.10. The summed E-state index contributed by atoms with van der Waals surface area (Å²) in [6, 6.07) is 1.77. The zero-order chi connectivity index (χ0) is 10.4. The van der Waals surface area contributed by atoms with Gasteiger partial charge in [-0.05, 0) is 19.9 Å². The third kappa shape index (κ3) is 3.18. The second kappa shape index (κ2) is 5.39. The predicted molar refractivity (Wildman–Crippen MR) is 55.5 cm³/mol. The summed E-state index contributed by atoms with van der Waals surface area (Å²) in [5, 5.41) is 3.15. The van der Waals surface area contributed by atoms with E-state index < -0.39 is 0 Å². The standard InChI is InChI=1S/C9H16N4O/c1-7-12-8(11-5-3-4-10)6-9(13-7)14-2/h6H,3-5,10H2,1-2H3,(H,11,12,13). The number of aromatic nitrogens is 2. The Labute approximate surface area is 83.7 Å². The first-order valence-electron chi connectivity index (χ1n) is 4.60. The van der Waals surface area contributed by atoms with E-state index in [0.29, 0.717) is 18.2 Å². The molecule has 5 heteroatoms. The Balaban J connectivity index is 2.62. The number of aryl methyl sites for hydroxylation is 1. The first-order valence-corrected chi connectivity index (χ1v) is 4.60. The highest BCUT2D eigenvalue weighted by Crippen LogP contribution is 2.12. The van der Waals surface area contributed by atoms with Gasteiger partial charge in [0.2, 0.25) is 5.88 Å². The molecule has 1 aromatic rings. The third-order valence-corrected chi connectivity index (χ3v) is 1.71. The predicted octanol–water partition coefficient (Wildman–Crippen LogP) is 0.554. The first kappa shape index (κ1) is 10.7. The SMILES string of the molecule is COc1cc(NCCCN)nc(C)n1. The molecule has 0 fully saturated rings. The zero-order valence-corrected chi connectivity index (χ0v) is 8.58. The minimum absolute atomic E-state index is 0.577. The molecule has 1 aromatic heterocycles. The lowest BCUT2D eigenvalue weighted by atomic mass is 10.4. The molecule has 0 atom stereocenters. The lowest BCUT2D eigenvalue weighted by molar-refractivity contribution is 0.396. The smallest absolute Gasteiger partial charge is 0.218 e. The molecule has 0 bridgehead atoms. The number of methoxy groups -OCH3 is 1. The van der Waals surface area contributed by atoms with E-state index >= 15 is 0 Å². The van der Waals surface area contributed by atoms with E-state index in [9.17, 15) is 0 Å². The van der Waals surface area contributed by atoms with Crippen molar-refractivity contribution in [1.29, 1.82) is 0 Å². The Morgan fingerprint density at radius 2 is 2.29 bits per heavy atom. The van der Waals surface area contributed by atoms with Crippen LogP contribution in [0.4, 0.5) is 5.82 Å². The molecule has 5 nitrogen and oxygen atoms in total. The van der Waals surface area contributed by atoms with Crippen LogP contribution in [0.25, 0.3) is 0 Å². The Kier molecular flexibility index (Phi) is 4.12. The molecule has 1 rings (SSSR count). The van der Waals surface area contributed by atoms with Crippen LogP contribution in [0.1, 0.15) is 12.2 Å². The van der Waals surface area contributed by atoms with Crippen LogP contribution < -0.4 is 15.8 Å². The molecule has 3 N–H and O–H groups in total. The zero-order valence-electron chi connectivity index (χ0n) is 8.58. The Hall–Kier alpha value is -1.36. The maximum Gasteiger partial charge on any atom is 0.218 e. The minimum atomic E-state index is 0.577. The number of hydrogen-bond acceptors (Lipinski definition) is 5. The van der Waals surface area contributed by atoms with Gasteiger partial charge in [0, 0.05) is 12.6 Å². The van der Waals surface area contributed by atoms with Gasteiger partial charge in [-0.2, -0.15) is 4.98 Å². The average molecular weight is 196 g/mol. The van der Waals surface area contributed by atoms with Crippen LogP contribution in [-0.4, -0.2) is 30.2 Å². The molecule has 0 aliphatic rings. The molecule has 0 aromatic carbocycles. The maximum absolute atomic E-state index is 5.38. The maximum atomic E-state index is 5.38. The van der Waals surface area contributed by atoms with Gasteiger partial charge in [-0.25, -0.2) is 4.98 Å². The van der Waals surface area contributed by atoms with Crippen LogP contribution in [0, 0.1) is 6.92 Å². The van der Waals surface area contributed by atoms with E-state index in [1.165, 1.54) is 0 Å². The number of nitrogens with one attached hydrogen (secondary N) is 1. The molecule has 1 heterocycles. The van der Waals surface area contributed by atoms with Crippen molar-refractivity contribution in [3.63, 3.8) is 0 Å². The van der Waals surface area contributed by atoms with Gasteiger partial charge in [0.1, 0.15) is 11.6 Å². The monoisotopic (exact) mass is 196 g/mol. The fraction of sp³-hybridized carbons (Fsp3) is 0.556. The van der Waals surface area contributed by atoms with Crippen LogP contribution in [0.3, 0.4) is 0 Å². The van der Waals surface area contributed by atoms with Gasteiger partial charge in [0.25, 0.3) is 0 Å². The molecule has 0 saturated carbocycles. The van der Waals surface area contributed by atoms with Gasteiger partial charge in [0.05, 0.1) is 7.11 Å². The second-order valence-corrected chi connectivity index (χ2v) is 2.91. The van der Waals surface area contributed by atoms with Crippen LogP contribution in [-0.2, 0) is 0 Å². The molecule has 0 radical (unpaired) electrons. The van der Waals surface area contributed by atoms with Crippen LogP contribution in [0.2, 0.25) is 0 Å². The summed E-state index contributed by atoms with van der Waals surface area (Å²) in [6.07, 6.45) is 0.922. The average Bonchev–Trinajstić information content (AvgIpc) is 2.17. The van der Waals surface area contributed by atoms with Gasteiger partial charge < -0.3 is 15.8 Å². The van der Waals surface area contributed by atoms with Gasteiger partial charge >= 0.3 is 0 Å². The summed E-state index contributed by atoms with van der Waals surface area (Å²) < 4.78 is 5.03. The molecule has 0 aliphatic heterocycles. The molecule has 0 spiro atoms. The highest BCUT2D eigenvalue weighted by Gasteiger charge is 2.00. The van der Waals surface area contributed by atoms with Crippen molar-refractivity contribution in [3.05, 3.63) is 11.9 Å². The Morgan fingerprint density at radius 3 is 2.93 bits per heavy atom. The van der Waals surface area contributed by atoms with Crippen molar-refractivity contribution in [3.8, 4) is 5.88 Å². The first-order chi connectivity index (χ1) is 6.76. The van der Waals surface area contributed by atoms with Crippen LogP contribution in [0.15, 0.2) is 6.07 Å². The van der Waals surface area contributed by atoms with E-state index in [0.717, 1.165) is 18.8 Å². The van der Waals surface area contributed by atoms with Crippen molar-refractivity contribution in [2.24, 2.45) is 5.73 Å². The van der Waals surface area contributed by atoms with Crippen molar-refractivity contribution in [2.45, 2.75) is 13.3 Å². The summed E-state index contributed by atoms with van der Waals surface area (Å²) in [5.41, 5.74) is 5.38. The fourth-order valence-corrected chi connectivity index (χ4v) is 1.05. The second-order valence-electron chi connectivity index (χ2n) is 2.91. The van der Waals surface area contributed by atoms with Crippen molar-refractivity contribution in [2.75, 3.05) is 25.5 Å². The summed E-state index contributed by atoms with van der Waals surface area (Å²) in [6.45, 7) is 3.32. The Morgan fingerprint density at radius 1 is 1.50 bits per heavy atom. The third-order valence-electron chi connectivity index (χ3n) is 1.71. The van der Waals surface area contributed by atoms with E-state index in [1.54, 1.807) is 13.2 Å². The van der Waals surface area contributed by atoms with Gasteiger partial charge in [-0.1, -0.05) is 0 Å². The lowest BCUT2D eigenvalue weighted by Gasteiger charge is -2.06. The van der Waals surface area contributed by atoms with E-state index in [-0.39, 0.29) is 0 Å². The summed E-state index contributed by atoms with van der Waals surface area (Å²) in [7, 11) is 1.59. The molecule has 0 aliphatic carbocycles. The number of rotatable bonds is 5. The van der Waals surface area contributed by atoms with Crippen molar-refractivity contribution < 1.29 is 4.74 Å². The quantitative estimate of drug-likeness (QED) is 0.673. The highest BCUT2D eigenvalue weighted by atomic mass is 16.5. The van der Waals surface area contributed by atoms with E-state index in [2.05, 4.69) is 15.3 Å². The van der Waals surface area contributed by atoms with Crippen molar-refractivity contribution in [1.82, 2.24) is 9.97 Å². The van der Waals surface area contributed by atoms with Crippen molar-refractivity contribution >= 4 is 5.82 Å². The number of anilines is 1. The number of ether oxygens (including phenoxy) is 1.